The van der Waals surface area contributed by atoms with Crippen molar-refractivity contribution >= 4 is 0 Å². The van der Waals surface area contributed by atoms with E-state index in [2.05, 4.69) is 36.3 Å². The van der Waals surface area contributed by atoms with Crippen molar-refractivity contribution in [1.29, 1.82) is 0 Å². The molecule has 0 amide bonds. The number of fused-ring (bicyclic) bond motifs is 2. The summed E-state index contributed by atoms with van der Waals surface area (Å²) in [5, 5.41) is 3.77. The van der Waals surface area contributed by atoms with Gasteiger partial charge in [0, 0.05) is 18.1 Å². The Morgan fingerprint density at radius 1 is 1.18 bits per heavy atom. The molecule has 0 spiro atoms. The first-order valence-electron chi connectivity index (χ1n) is 7.27. The lowest BCUT2D eigenvalue weighted by Crippen LogP contribution is -2.54. The van der Waals surface area contributed by atoms with Crippen molar-refractivity contribution < 1.29 is 0 Å². The van der Waals surface area contributed by atoms with Crippen LogP contribution in [0.3, 0.4) is 0 Å². The van der Waals surface area contributed by atoms with E-state index >= 15 is 0 Å². The molecule has 2 aliphatic rings. The molecule has 0 aliphatic carbocycles. The van der Waals surface area contributed by atoms with Crippen molar-refractivity contribution in [2.24, 2.45) is 0 Å². The Labute approximate surface area is 107 Å². The minimum Gasteiger partial charge on any atom is -0.314 e. The second-order valence-electron chi connectivity index (χ2n) is 6.18. The van der Waals surface area contributed by atoms with Crippen molar-refractivity contribution in [1.82, 2.24) is 15.1 Å². The normalized spacial score (nSPS) is 34.2. The molecular weight excluding hydrogens is 210 g/mol. The van der Waals surface area contributed by atoms with Crippen LogP contribution in [0.15, 0.2) is 0 Å². The van der Waals surface area contributed by atoms with Gasteiger partial charge in [0.25, 0.3) is 0 Å². The maximum atomic E-state index is 3.77. The summed E-state index contributed by atoms with van der Waals surface area (Å²) in [5.41, 5.74) is 0. The van der Waals surface area contributed by atoms with Gasteiger partial charge in [-0.25, -0.2) is 0 Å². The highest BCUT2D eigenvalue weighted by molar-refractivity contribution is 4.93. The zero-order valence-electron chi connectivity index (χ0n) is 11.8. The third-order valence-corrected chi connectivity index (χ3v) is 4.55. The van der Waals surface area contributed by atoms with Crippen LogP contribution in [0.5, 0.6) is 0 Å². The second kappa shape index (κ2) is 6.17. The molecule has 17 heavy (non-hydrogen) atoms. The van der Waals surface area contributed by atoms with E-state index in [4.69, 9.17) is 0 Å². The number of nitrogens with one attached hydrogen (secondary N) is 1. The van der Waals surface area contributed by atoms with Gasteiger partial charge in [-0.15, -0.1) is 0 Å². The van der Waals surface area contributed by atoms with Crippen LogP contribution in [0, 0.1) is 0 Å². The smallest absolute Gasteiger partial charge is 0.0110 e. The number of piperidine rings is 2. The standard InChI is InChI=1S/C14H29N3/c1-16(2)9-5-8-15-12-10-13-6-4-7-14(11-12)17(13)3/h12-15H,4-11H2,1-3H3. The zero-order valence-corrected chi connectivity index (χ0v) is 11.8. The van der Waals surface area contributed by atoms with Gasteiger partial charge in [-0.05, 0) is 66.3 Å². The average Bonchev–Trinajstić information content (AvgIpc) is 2.25. The van der Waals surface area contributed by atoms with Gasteiger partial charge in [0.2, 0.25) is 0 Å². The van der Waals surface area contributed by atoms with Gasteiger partial charge < -0.3 is 15.1 Å². The van der Waals surface area contributed by atoms with Crippen molar-refractivity contribution in [3.05, 3.63) is 0 Å². The minimum absolute atomic E-state index is 0.781. The van der Waals surface area contributed by atoms with Crippen LogP contribution in [0.25, 0.3) is 0 Å². The highest BCUT2D eigenvalue weighted by Crippen LogP contribution is 2.32. The van der Waals surface area contributed by atoms with Crippen LogP contribution >= 0.6 is 0 Å². The predicted octanol–water partition coefficient (Wildman–Crippen LogP) is 1.54. The molecule has 3 nitrogen and oxygen atoms in total. The Bertz CT molecular complexity index is 216. The van der Waals surface area contributed by atoms with Gasteiger partial charge in [-0.2, -0.15) is 0 Å². The monoisotopic (exact) mass is 239 g/mol. The SMILES string of the molecule is CN(C)CCCNC1CC2CCCC(C1)N2C. The van der Waals surface area contributed by atoms with E-state index in [0.29, 0.717) is 0 Å². The van der Waals surface area contributed by atoms with Crippen LogP contribution in [0.4, 0.5) is 0 Å². The molecule has 0 aromatic heterocycles. The molecule has 0 radical (unpaired) electrons. The largest absolute Gasteiger partial charge is 0.314 e. The minimum atomic E-state index is 0.781. The predicted molar refractivity (Wildman–Crippen MR) is 73.4 cm³/mol. The first-order valence-corrected chi connectivity index (χ1v) is 7.27. The zero-order chi connectivity index (χ0) is 12.3. The molecule has 2 rings (SSSR count). The number of rotatable bonds is 5. The molecule has 0 aromatic rings. The quantitative estimate of drug-likeness (QED) is 0.734. The lowest BCUT2D eigenvalue weighted by molar-refractivity contribution is 0.0485. The van der Waals surface area contributed by atoms with Gasteiger partial charge >= 0.3 is 0 Å². The van der Waals surface area contributed by atoms with Crippen LogP contribution in [0.1, 0.15) is 38.5 Å². The maximum Gasteiger partial charge on any atom is 0.0110 e. The van der Waals surface area contributed by atoms with E-state index < -0.39 is 0 Å². The molecule has 0 saturated carbocycles. The molecule has 2 aliphatic heterocycles. The molecule has 2 bridgehead atoms. The van der Waals surface area contributed by atoms with E-state index in [1.807, 2.05) is 0 Å². The summed E-state index contributed by atoms with van der Waals surface area (Å²) in [6, 6.07) is 2.49. The fourth-order valence-electron chi connectivity index (χ4n) is 3.48. The Balaban J connectivity index is 1.69. The first kappa shape index (κ1) is 13.3. The van der Waals surface area contributed by atoms with Crippen molar-refractivity contribution in [3.8, 4) is 0 Å². The lowest BCUT2D eigenvalue weighted by Gasteiger charge is -2.47. The molecule has 2 fully saturated rings. The third-order valence-electron chi connectivity index (χ3n) is 4.55. The Hall–Kier alpha value is -0.120. The molecule has 3 heteroatoms. The summed E-state index contributed by atoms with van der Waals surface area (Å²) in [5.74, 6) is 0. The van der Waals surface area contributed by atoms with Crippen molar-refractivity contribution in [2.45, 2.75) is 56.7 Å². The summed E-state index contributed by atoms with van der Waals surface area (Å²) in [6.07, 6.45) is 8.30. The summed E-state index contributed by atoms with van der Waals surface area (Å²) in [7, 11) is 6.64. The van der Waals surface area contributed by atoms with E-state index in [1.165, 1.54) is 51.6 Å². The number of nitrogens with zero attached hydrogens (tertiary/aromatic N) is 2. The maximum absolute atomic E-state index is 3.77. The van der Waals surface area contributed by atoms with E-state index in [9.17, 15) is 0 Å². The van der Waals surface area contributed by atoms with Crippen LogP contribution in [-0.2, 0) is 0 Å². The molecule has 0 aromatic carbocycles. The lowest BCUT2D eigenvalue weighted by atomic mass is 9.82. The molecule has 2 atom stereocenters. The first-order chi connectivity index (χ1) is 8.16. The fraction of sp³-hybridized carbons (Fsp3) is 1.00. The Morgan fingerprint density at radius 3 is 2.41 bits per heavy atom. The molecule has 100 valence electrons. The van der Waals surface area contributed by atoms with Gasteiger partial charge in [0.05, 0.1) is 0 Å². The number of hydrogen-bond acceptors (Lipinski definition) is 3. The molecular formula is C14H29N3. The highest BCUT2D eigenvalue weighted by Gasteiger charge is 2.35. The number of hydrogen-bond donors (Lipinski definition) is 1. The summed E-state index contributed by atoms with van der Waals surface area (Å²) >= 11 is 0. The summed E-state index contributed by atoms with van der Waals surface area (Å²) < 4.78 is 0. The summed E-state index contributed by atoms with van der Waals surface area (Å²) in [6.45, 7) is 2.39. The molecule has 1 N–H and O–H groups in total. The van der Waals surface area contributed by atoms with E-state index in [0.717, 1.165) is 18.1 Å². The Kier molecular flexibility index (Phi) is 4.83. The molecule has 2 heterocycles. The van der Waals surface area contributed by atoms with Crippen LogP contribution in [0.2, 0.25) is 0 Å². The van der Waals surface area contributed by atoms with E-state index in [1.54, 1.807) is 0 Å². The third kappa shape index (κ3) is 3.67. The van der Waals surface area contributed by atoms with Crippen molar-refractivity contribution in [3.63, 3.8) is 0 Å². The van der Waals surface area contributed by atoms with Gasteiger partial charge in [0.1, 0.15) is 0 Å². The Morgan fingerprint density at radius 2 is 1.82 bits per heavy atom. The summed E-state index contributed by atoms with van der Waals surface area (Å²) in [4.78, 5) is 4.91. The molecule has 2 unspecified atom stereocenters. The van der Waals surface area contributed by atoms with Gasteiger partial charge in [0.15, 0.2) is 0 Å². The molecule has 2 saturated heterocycles. The van der Waals surface area contributed by atoms with Crippen LogP contribution in [-0.4, -0.2) is 62.2 Å². The topological polar surface area (TPSA) is 18.5 Å². The fourth-order valence-corrected chi connectivity index (χ4v) is 3.48. The average molecular weight is 239 g/mol. The van der Waals surface area contributed by atoms with Gasteiger partial charge in [-0.1, -0.05) is 6.42 Å². The highest BCUT2D eigenvalue weighted by atomic mass is 15.2. The van der Waals surface area contributed by atoms with Crippen LogP contribution < -0.4 is 5.32 Å². The van der Waals surface area contributed by atoms with Gasteiger partial charge in [-0.3, -0.25) is 0 Å². The van der Waals surface area contributed by atoms with Crippen molar-refractivity contribution in [2.75, 3.05) is 34.2 Å². The van der Waals surface area contributed by atoms with E-state index in [-0.39, 0.29) is 0 Å². The second-order valence-corrected chi connectivity index (χ2v) is 6.18.